The number of amides is 2. The standard InChI is InChI=1S/C29H33N9O4/c1-2-15-38(17-20-16-33-25-23(34-20)24(30)36-29(31)37-25)21-12-10-19(11-13-21)27(40)35-22(28(41)42)9-6-14-32-26(39)18-7-4-3-5-8-18/h3-5,7-8,10-13,16,22H,2,6,9,14-15,17H2,1H3,(H,32,39)(H,35,40)(H,41,42)(H4,30,31,33,36,37)/t22-/m0/s1. The van der Waals surface area contributed by atoms with E-state index in [0.717, 1.165) is 12.1 Å². The highest BCUT2D eigenvalue weighted by Crippen LogP contribution is 2.20. The quantitative estimate of drug-likeness (QED) is 0.147. The van der Waals surface area contributed by atoms with Gasteiger partial charge in [-0.15, -0.1) is 0 Å². The Bertz CT molecular complexity index is 1550. The molecule has 13 nitrogen and oxygen atoms in total. The molecule has 0 fully saturated rings. The van der Waals surface area contributed by atoms with Gasteiger partial charge >= 0.3 is 5.97 Å². The number of carboxylic acids is 1. The smallest absolute Gasteiger partial charge is 0.326 e. The minimum Gasteiger partial charge on any atom is -0.480 e. The molecule has 42 heavy (non-hydrogen) atoms. The number of nitrogens with two attached hydrogens (primary N) is 2. The monoisotopic (exact) mass is 571 g/mol. The van der Waals surface area contributed by atoms with Crippen LogP contribution in [-0.2, 0) is 11.3 Å². The molecule has 4 aromatic rings. The Morgan fingerprint density at radius 3 is 2.36 bits per heavy atom. The predicted octanol–water partition coefficient (Wildman–Crippen LogP) is 2.39. The van der Waals surface area contributed by atoms with Crippen LogP contribution in [0.25, 0.3) is 11.2 Å². The third-order valence-electron chi connectivity index (χ3n) is 6.44. The van der Waals surface area contributed by atoms with Crippen molar-refractivity contribution in [3.63, 3.8) is 0 Å². The molecule has 0 unspecified atom stereocenters. The van der Waals surface area contributed by atoms with E-state index in [2.05, 4.69) is 42.4 Å². The van der Waals surface area contributed by atoms with Gasteiger partial charge in [0.05, 0.1) is 18.4 Å². The number of rotatable bonds is 13. The summed E-state index contributed by atoms with van der Waals surface area (Å²) in [7, 11) is 0. The number of carbonyl (C=O) groups excluding carboxylic acids is 2. The van der Waals surface area contributed by atoms with Gasteiger partial charge in [0.1, 0.15) is 6.04 Å². The fraction of sp³-hybridized carbons (Fsp3) is 0.276. The number of anilines is 3. The van der Waals surface area contributed by atoms with Crippen LogP contribution >= 0.6 is 0 Å². The summed E-state index contributed by atoms with van der Waals surface area (Å²) in [6.07, 6.45) is 3.01. The van der Waals surface area contributed by atoms with Gasteiger partial charge in [0.2, 0.25) is 5.95 Å². The second-order valence-corrected chi connectivity index (χ2v) is 9.60. The van der Waals surface area contributed by atoms with Gasteiger partial charge in [-0.1, -0.05) is 25.1 Å². The fourth-order valence-electron chi connectivity index (χ4n) is 4.35. The van der Waals surface area contributed by atoms with Crippen molar-refractivity contribution in [2.45, 2.75) is 38.8 Å². The average Bonchev–Trinajstić information content (AvgIpc) is 2.99. The maximum Gasteiger partial charge on any atom is 0.326 e. The van der Waals surface area contributed by atoms with Gasteiger partial charge in [-0.25, -0.2) is 14.8 Å². The summed E-state index contributed by atoms with van der Waals surface area (Å²) in [4.78, 5) is 55.8. The number of hydrogen-bond donors (Lipinski definition) is 5. The van der Waals surface area contributed by atoms with E-state index < -0.39 is 17.9 Å². The summed E-state index contributed by atoms with van der Waals surface area (Å²) in [6.45, 7) is 3.47. The lowest BCUT2D eigenvalue weighted by Crippen LogP contribution is -2.41. The lowest BCUT2D eigenvalue weighted by atomic mass is 10.1. The van der Waals surface area contributed by atoms with E-state index in [-0.39, 0.29) is 30.6 Å². The highest BCUT2D eigenvalue weighted by molar-refractivity contribution is 5.97. The van der Waals surface area contributed by atoms with Gasteiger partial charge in [0.15, 0.2) is 17.0 Å². The summed E-state index contributed by atoms with van der Waals surface area (Å²) < 4.78 is 0. The molecular formula is C29H33N9O4. The summed E-state index contributed by atoms with van der Waals surface area (Å²) in [5, 5.41) is 15.0. The van der Waals surface area contributed by atoms with Crippen LogP contribution in [0.1, 0.15) is 52.6 Å². The number of benzene rings is 2. The molecule has 0 radical (unpaired) electrons. The lowest BCUT2D eigenvalue weighted by Gasteiger charge is -2.24. The minimum absolute atomic E-state index is 0.0285. The van der Waals surface area contributed by atoms with Gasteiger partial charge in [0.25, 0.3) is 11.8 Å². The predicted molar refractivity (Wildman–Crippen MR) is 159 cm³/mol. The third kappa shape index (κ3) is 7.65. The fourth-order valence-corrected chi connectivity index (χ4v) is 4.35. The summed E-state index contributed by atoms with van der Waals surface area (Å²) >= 11 is 0. The number of nitrogen functional groups attached to an aromatic ring is 2. The number of carboxylic acid groups (broad SMARTS) is 1. The van der Waals surface area contributed by atoms with E-state index in [1.807, 2.05) is 6.07 Å². The number of nitrogens with one attached hydrogen (secondary N) is 2. The van der Waals surface area contributed by atoms with Crippen molar-refractivity contribution in [3.8, 4) is 0 Å². The van der Waals surface area contributed by atoms with Crippen LogP contribution in [0.5, 0.6) is 0 Å². The van der Waals surface area contributed by atoms with Crippen LogP contribution in [0.3, 0.4) is 0 Å². The first-order valence-corrected chi connectivity index (χ1v) is 13.5. The van der Waals surface area contributed by atoms with Crippen molar-refractivity contribution in [3.05, 3.63) is 77.6 Å². The van der Waals surface area contributed by atoms with Crippen LogP contribution in [0.4, 0.5) is 17.5 Å². The molecule has 13 heteroatoms. The van der Waals surface area contributed by atoms with Gasteiger partial charge in [-0.05, 0) is 55.7 Å². The molecule has 7 N–H and O–H groups in total. The van der Waals surface area contributed by atoms with Crippen molar-refractivity contribution in [1.82, 2.24) is 30.6 Å². The molecule has 2 heterocycles. The second-order valence-electron chi connectivity index (χ2n) is 9.60. The van der Waals surface area contributed by atoms with E-state index in [4.69, 9.17) is 11.5 Å². The first kappa shape index (κ1) is 29.6. The van der Waals surface area contributed by atoms with E-state index in [1.54, 1.807) is 54.7 Å². The van der Waals surface area contributed by atoms with Crippen molar-refractivity contribution in [2.75, 3.05) is 29.5 Å². The molecule has 0 aliphatic heterocycles. The zero-order valence-electron chi connectivity index (χ0n) is 23.2. The zero-order chi connectivity index (χ0) is 30.1. The van der Waals surface area contributed by atoms with Gasteiger partial charge in [0, 0.05) is 29.9 Å². The third-order valence-corrected chi connectivity index (χ3v) is 6.44. The number of hydrogen-bond acceptors (Lipinski definition) is 10. The molecule has 218 valence electrons. The van der Waals surface area contributed by atoms with Gasteiger partial charge in [-0.3, -0.25) is 9.59 Å². The SMILES string of the molecule is CCCN(Cc1cnc2nc(N)nc(N)c2n1)c1ccc(C(=O)N[C@@H](CCCNC(=O)c2ccccc2)C(=O)O)cc1. The average molecular weight is 572 g/mol. The Hall–Kier alpha value is -5.33. The molecule has 4 rings (SSSR count). The molecule has 0 bridgehead atoms. The topological polar surface area (TPSA) is 202 Å². The highest BCUT2D eigenvalue weighted by atomic mass is 16.4. The van der Waals surface area contributed by atoms with Crippen LogP contribution in [-0.4, -0.2) is 62.0 Å². The lowest BCUT2D eigenvalue weighted by molar-refractivity contribution is -0.139. The first-order chi connectivity index (χ1) is 20.2. The summed E-state index contributed by atoms with van der Waals surface area (Å²) in [5.74, 6) is -1.70. The van der Waals surface area contributed by atoms with Gasteiger partial charge < -0.3 is 32.1 Å². The normalized spacial score (nSPS) is 11.5. The molecule has 2 amide bonds. The van der Waals surface area contributed by atoms with E-state index in [1.165, 1.54) is 0 Å². The Labute approximate surface area is 242 Å². The maximum atomic E-state index is 12.9. The molecule has 0 saturated carbocycles. The van der Waals surface area contributed by atoms with Crippen LogP contribution < -0.4 is 27.0 Å². The second kappa shape index (κ2) is 13.8. The molecule has 2 aromatic heterocycles. The van der Waals surface area contributed by atoms with Crippen molar-refractivity contribution >= 4 is 46.4 Å². The van der Waals surface area contributed by atoms with Crippen molar-refractivity contribution < 1.29 is 19.5 Å². The maximum absolute atomic E-state index is 12.9. The molecule has 1 atom stereocenters. The number of nitrogens with zero attached hydrogens (tertiary/aromatic N) is 5. The van der Waals surface area contributed by atoms with Crippen LogP contribution in [0, 0.1) is 0 Å². The Balaban J connectivity index is 1.35. The molecular weight excluding hydrogens is 538 g/mol. The largest absolute Gasteiger partial charge is 0.480 e. The molecule has 0 saturated heterocycles. The minimum atomic E-state index is -1.14. The number of aliphatic carboxylic acids is 1. The number of carbonyl (C=O) groups is 3. The zero-order valence-corrected chi connectivity index (χ0v) is 23.2. The Morgan fingerprint density at radius 2 is 1.67 bits per heavy atom. The number of aromatic nitrogens is 4. The van der Waals surface area contributed by atoms with Crippen LogP contribution in [0.2, 0.25) is 0 Å². The molecule has 2 aromatic carbocycles. The molecule has 0 aliphatic rings. The van der Waals surface area contributed by atoms with Crippen molar-refractivity contribution in [1.29, 1.82) is 0 Å². The molecule has 0 spiro atoms. The van der Waals surface area contributed by atoms with Gasteiger partial charge in [-0.2, -0.15) is 9.97 Å². The summed E-state index contributed by atoms with van der Waals surface area (Å²) in [5.41, 5.74) is 14.6. The first-order valence-electron chi connectivity index (χ1n) is 13.5. The highest BCUT2D eigenvalue weighted by Gasteiger charge is 2.21. The Morgan fingerprint density at radius 1 is 0.952 bits per heavy atom. The Kier molecular flexibility index (Phi) is 9.77. The van der Waals surface area contributed by atoms with E-state index in [0.29, 0.717) is 47.5 Å². The van der Waals surface area contributed by atoms with E-state index >= 15 is 0 Å². The van der Waals surface area contributed by atoms with Crippen LogP contribution in [0.15, 0.2) is 60.8 Å². The van der Waals surface area contributed by atoms with Crippen molar-refractivity contribution in [2.24, 2.45) is 0 Å². The summed E-state index contributed by atoms with van der Waals surface area (Å²) in [6, 6.07) is 14.5. The van der Waals surface area contributed by atoms with E-state index in [9.17, 15) is 19.5 Å². The molecule has 0 aliphatic carbocycles. The number of fused-ring (bicyclic) bond motifs is 1.